The van der Waals surface area contributed by atoms with E-state index in [-0.39, 0.29) is 6.03 Å². The van der Waals surface area contributed by atoms with E-state index < -0.39 is 0 Å². The van der Waals surface area contributed by atoms with Gasteiger partial charge in [0, 0.05) is 35.7 Å². The summed E-state index contributed by atoms with van der Waals surface area (Å²) < 4.78 is 2.21. The predicted molar refractivity (Wildman–Crippen MR) is 120 cm³/mol. The lowest BCUT2D eigenvalue weighted by atomic mass is 10.2. The van der Waals surface area contributed by atoms with Crippen LogP contribution in [0.25, 0.3) is 0 Å². The Labute approximate surface area is 178 Å². The molecule has 3 aromatic rings. The van der Waals surface area contributed by atoms with Crippen LogP contribution in [0.5, 0.6) is 0 Å². The van der Waals surface area contributed by atoms with Crippen molar-refractivity contribution in [3.63, 3.8) is 0 Å². The third kappa shape index (κ3) is 6.40. The van der Waals surface area contributed by atoms with Crippen molar-refractivity contribution in [2.45, 2.75) is 39.3 Å². The van der Waals surface area contributed by atoms with Crippen molar-refractivity contribution in [3.8, 4) is 0 Å². The summed E-state index contributed by atoms with van der Waals surface area (Å²) >= 11 is 5.95. The van der Waals surface area contributed by atoms with Crippen LogP contribution in [0.1, 0.15) is 37.4 Å². The van der Waals surface area contributed by atoms with Crippen molar-refractivity contribution >= 4 is 23.3 Å². The van der Waals surface area contributed by atoms with Gasteiger partial charge in [0.2, 0.25) is 0 Å². The maximum absolute atomic E-state index is 13.0. The van der Waals surface area contributed by atoms with Crippen molar-refractivity contribution in [3.05, 3.63) is 89.2 Å². The van der Waals surface area contributed by atoms with E-state index in [0.29, 0.717) is 11.6 Å². The van der Waals surface area contributed by atoms with Crippen LogP contribution in [0.3, 0.4) is 0 Å². The number of carbonyl (C=O) groups excluding carboxylic acids is 1. The third-order valence-corrected chi connectivity index (χ3v) is 5.14. The zero-order valence-electron chi connectivity index (χ0n) is 16.9. The smallest absolute Gasteiger partial charge is 0.322 e. The Balaban J connectivity index is 1.71. The van der Waals surface area contributed by atoms with Crippen LogP contribution in [-0.2, 0) is 13.1 Å². The van der Waals surface area contributed by atoms with Gasteiger partial charge in [-0.3, -0.25) is 0 Å². The van der Waals surface area contributed by atoms with Gasteiger partial charge in [-0.25, -0.2) is 4.79 Å². The molecular formula is C24H28ClN3O. The average molecular weight is 410 g/mol. The molecule has 1 heterocycles. The Hall–Kier alpha value is -2.72. The Morgan fingerprint density at radius 1 is 1.00 bits per heavy atom. The Kier molecular flexibility index (Phi) is 7.77. The monoisotopic (exact) mass is 409 g/mol. The molecule has 0 bridgehead atoms. The van der Waals surface area contributed by atoms with Gasteiger partial charge in [-0.15, -0.1) is 0 Å². The molecule has 0 fully saturated rings. The van der Waals surface area contributed by atoms with E-state index in [2.05, 4.69) is 53.3 Å². The number of rotatable bonds is 9. The summed E-state index contributed by atoms with van der Waals surface area (Å²) in [5.41, 5.74) is 3.12. The molecule has 0 aliphatic carbocycles. The van der Waals surface area contributed by atoms with Gasteiger partial charge in [0.05, 0.1) is 6.54 Å². The molecule has 4 nitrogen and oxygen atoms in total. The first kappa shape index (κ1) is 21.0. The minimum atomic E-state index is -0.0871. The van der Waals surface area contributed by atoms with Crippen molar-refractivity contribution in [2.24, 2.45) is 0 Å². The lowest BCUT2D eigenvalue weighted by molar-refractivity contribution is 0.206. The standard InChI is InChI=1S/C24H28ClN3O/c1-2-3-7-16-28(24(29)26-22-14-12-21(25)13-15-22)19-23-11-8-17-27(23)18-20-9-5-4-6-10-20/h4-6,8-15,17H,2-3,7,16,18-19H2,1H3,(H,26,29). The van der Waals surface area contributed by atoms with Crippen LogP contribution in [0, 0.1) is 0 Å². The molecule has 1 aromatic heterocycles. The second kappa shape index (κ2) is 10.7. The Bertz CT molecular complexity index is 890. The van der Waals surface area contributed by atoms with Gasteiger partial charge in [0.1, 0.15) is 0 Å². The summed E-state index contributed by atoms with van der Waals surface area (Å²) in [6, 6.07) is 21.6. The van der Waals surface area contributed by atoms with Gasteiger partial charge in [-0.2, -0.15) is 0 Å². The van der Waals surface area contributed by atoms with E-state index in [1.165, 1.54) is 5.56 Å². The van der Waals surface area contributed by atoms with E-state index in [1.807, 2.05) is 29.2 Å². The molecule has 152 valence electrons. The topological polar surface area (TPSA) is 37.3 Å². The van der Waals surface area contributed by atoms with Gasteiger partial charge >= 0.3 is 6.03 Å². The minimum absolute atomic E-state index is 0.0871. The van der Waals surface area contributed by atoms with E-state index >= 15 is 0 Å². The molecule has 5 heteroatoms. The summed E-state index contributed by atoms with van der Waals surface area (Å²) in [4.78, 5) is 14.9. The first-order chi connectivity index (χ1) is 14.2. The highest BCUT2D eigenvalue weighted by atomic mass is 35.5. The zero-order valence-corrected chi connectivity index (χ0v) is 17.6. The number of hydrogen-bond acceptors (Lipinski definition) is 1. The summed E-state index contributed by atoms with van der Waals surface area (Å²) in [6.45, 7) is 4.26. The van der Waals surface area contributed by atoms with Crippen molar-refractivity contribution in [1.82, 2.24) is 9.47 Å². The fourth-order valence-electron chi connectivity index (χ4n) is 3.26. The van der Waals surface area contributed by atoms with E-state index in [0.717, 1.165) is 43.7 Å². The van der Waals surface area contributed by atoms with E-state index in [4.69, 9.17) is 11.6 Å². The fraction of sp³-hybridized carbons (Fsp3) is 0.292. The molecule has 0 radical (unpaired) electrons. The van der Waals surface area contributed by atoms with Gasteiger partial charge < -0.3 is 14.8 Å². The number of hydrogen-bond donors (Lipinski definition) is 1. The highest BCUT2D eigenvalue weighted by molar-refractivity contribution is 6.30. The number of aromatic nitrogens is 1. The largest absolute Gasteiger partial charge is 0.345 e. The van der Waals surface area contributed by atoms with Gasteiger partial charge in [-0.05, 0) is 48.4 Å². The van der Waals surface area contributed by atoms with Gasteiger partial charge in [-0.1, -0.05) is 61.7 Å². The predicted octanol–water partition coefficient (Wildman–Crippen LogP) is 6.41. The molecule has 0 aliphatic heterocycles. The molecule has 0 saturated heterocycles. The van der Waals surface area contributed by atoms with Crippen LogP contribution in [0.2, 0.25) is 5.02 Å². The molecule has 1 N–H and O–H groups in total. The first-order valence-electron chi connectivity index (χ1n) is 10.1. The van der Waals surface area contributed by atoms with E-state index in [1.54, 1.807) is 12.1 Å². The van der Waals surface area contributed by atoms with Crippen molar-refractivity contribution in [1.29, 1.82) is 0 Å². The SMILES string of the molecule is CCCCCN(Cc1cccn1Cc1ccccc1)C(=O)Nc1ccc(Cl)cc1. The minimum Gasteiger partial charge on any atom is -0.345 e. The number of unbranched alkanes of at least 4 members (excludes halogenated alkanes) is 2. The molecule has 2 amide bonds. The molecular weight excluding hydrogens is 382 g/mol. The quantitative estimate of drug-likeness (QED) is 0.407. The summed E-state index contributed by atoms with van der Waals surface area (Å²) in [5.74, 6) is 0. The van der Waals surface area contributed by atoms with Crippen molar-refractivity contribution < 1.29 is 4.79 Å². The molecule has 29 heavy (non-hydrogen) atoms. The molecule has 3 rings (SSSR count). The molecule has 0 unspecified atom stereocenters. The van der Waals surface area contributed by atoms with Gasteiger partial charge in [0.15, 0.2) is 0 Å². The van der Waals surface area contributed by atoms with Crippen LogP contribution < -0.4 is 5.32 Å². The Morgan fingerprint density at radius 3 is 2.48 bits per heavy atom. The van der Waals surface area contributed by atoms with E-state index in [9.17, 15) is 4.79 Å². The maximum Gasteiger partial charge on any atom is 0.322 e. The summed E-state index contributed by atoms with van der Waals surface area (Å²) in [5, 5.41) is 3.65. The molecule has 0 saturated carbocycles. The van der Waals surface area contributed by atoms with Crippen molar-refractivity contribution in [2.75, 3.05) is 11.9 Å². The normalized spacial score (nSPS) is 10.7. The summed E-state index contributed by atoms with van der Waals surface area (Å²) in [6.07, 6.45) is 5.29. The lowest BCUT2D eigenvalue weighted by Crippen LogP contribution is -2.36. The number of nitrogens with zero attached hydrogens (tertiary/aromatic N) is 2. The first-order valence-corrected chi connectivity index (χ1v) is 10.5. The average Bonchev–Trinajstić information content (AvgIpc) is 3.16. The van der Waals surface area contributed by atoms with Gasteiger partial charge in [0.25, 0.3) is 0 Å². The fourth-order valence-corrected chi connectivity index (χ4v) is 3.39. The number of anilines is 1. The molecule has 2 aromatic carbocycles. The second-order valence-electron chi connectivity index (χ2n) is 7.18. The highest BCUT2D eigenvalue weighted by Gasteiger charge is 2.16. The van der Waals surface area contributed by atoms with Crippen LogP contribution in [-0.4, -0.2) is 22.0 Å². The summed E-state index contributed by atoms with van der Waals surface area (Å²) in [7, 11) is 0. The van der Waals surface area contributed by atoms with Crippen LogP contribution in [0.4, 0.5) is 10.5 Å². The molecule has 0 aliphatic rings. The zero-order chi connectivity index (χ0) is 20.5. The Morgan fingerprint density at radius 2 is 1.76 bits per heavy atom. The number of nitrogens with one attached hydrogen (secondary N) is 1. The second-order valence-corrected chi connectivity index (χ2v) is 7.62. The third-order valence-electron chi connectivity index (χ3n) is 4.89. The number of carbonyl (C=O) groups is 1. The maximum atomic E-state index is 13.0. The number of urea groups is 1. The van der Waals surface area contributed by atoms with Crippen LogP contribution >= 0.6 is 11.6 Å². The molecule has 0 atom stereocenters. The molecule has 0 spiro atoms. The number of halogens is 1. The lowest BCUT2D eigenvalue weighted by Gasteiger charge is -2.24. The highest BCUT2D eigenvalue weighted by Crippen LogP contribution is 2.16. The van der Waals surface area contributed by atoms with Crippen LogP contribution in [0.15, 0.2) is 72.9 Å². The number of amides is 2. The number of benzene rings is 2.